The van der Waals surface area contributed by atoms with E-state index < -0.39 is 9.12 Å². The van der Waals surface area contributed by atoms with Crippen LogP contribution in [0.15, 0.2) is 24.3 Å². The van der Waals surface area contributed by atoms with Gasteiger partial charge in [0.2, 0.25) is 11.8 Å². The molecule has 109 valence electrons. The Morgan fingerprint density at radius 2 is 1.45 bits per heavy atom. The van der Waals surface area contributed by atoms with E-state index in [1.807, 2.05) is 54.2 Å². The number of hydrogen-bond acceptors (Lipinski definition) is 2. The van der Waals surface area contributed by atoms with Crippen molar-refractivity contribution >= 4 is 26.1 Å². The van der Waals surface area contributed by atoms with Gasteiger partial charge in [0.05, 0.1) is 0 Å². The van der Waals surface area contributed by atoms with Gasteiger partial charge in [-0.25, -0.2) is 0 Å². The van der Waals surface area contributed by atoms with E-state index in [4.69, 9.17) is 0 Å². The highest BCUT2D eigenvalue weighted by atomic mass is 28.3. The second-order valence-corrected chi connectivity index (χ2v) is 6.93. The molecule has 2 amide bonds. The third-order valence-corrected chi connectivity index (χ3v) is 6.62. The van der Waals surface area contributed by atoms with Crippen molar-refractivity contribution in [3.05, 3.63) is 29.8 Å². The molecule has 0 N–H and O–H groups in total. The molecule has 0 saturated heterocycles. The lowest BCUT2D eigenvalue weighted by Gasteiger charge is -2.36. The first-order valence-corrected chi connectivity index (χ1v) is 8.32. The number of nitrogens with zero attached hydrogens (tertiary/aromatic N) is 2. The van der Waals surface area contributed by atoms with Crippen LogP contribution >= 0.6 is 0 Å². The van der Waals surface area contributed by atoms with Gasteiger partial charge in [0.1, 0.15) is 0 Å². The van der Waals surface area contributed by atoms with Gasteiger partial charge in [0.15, 0.2) is 0 Å². The van der Waals surface area contributed by atoms with Gasteiger partial charge in [0, 0.05) is 26.9 Å². The standard InChI is InChI=1S/C15H23N2O2Si/c1-6-16(13(4)18)20(17(7-2)14(5)19)15-11-9-8-10-12(15)3/h8-11H,6-7H2,1-5H3. The fraction of sp³-hybridized carbons (Fsp3) is 0.467. The van der Waals surface area contributed by atoms with Crippen LogP contribution < -0.4 is 5.19 Å². The zero-order valence-electron chi connectivity index (χ0n) is 12.9. The summed E-state index contributed by atoms with van der Waals surface area (Å²) in [5, 5.41) is 1.10. The summed E-state index contributed by atoms with van der Waals surface area (Å²) in [5.41, 5.74) is 1.13. The van der Waals surface area contributed by atoms with Gasteiger partial charge >= 0.3 is 9.12 Å². The highest BCUT2D eigenvalue weighted by Crippen LogP contribution is 2.07. The molecule has 1 rings (SSSR count). The monoisotopic (exact) mass is 291 g/mol. The fourth-order valence-electron chi connectivity index (χ4n) is 2.30. The Morgan fingerprint density at radius 3 is 1.80 bits per heavy atom. The maximum atomic E-state index is 12.0. The summed E-state index contributed by atoms with van der Waals surface area (Å²) in [4.78, 5) is 23.9. The van der Waals surface area contributed by atoms with Crippen LogP contribution in [0.4, 0.5) is 0 Å². The molecular weight excluding hydrogens is 268 g/mol. The molecule has 20 heavy (non-hydrogen) atoms. The highest BCUT2D eigenvalue weighted by Gasteiger charge is 2.34. The van der Waals surface area contributed by atoms with E-state index in [-0.39, 0.29) is 11.8 Å². The van der Waals surface area contributed by atoms with Crippen molar-refractivity contribution in [2.75, 3.05) is 13.1 Å². The lowest BCUT2D eigenvalue weighted by molar-refractivity contribution is -0.126. The number of benzene rings is 1. The minimum Gasteiger partial charge on any atom is -0.348 e. The van der Waals surface area contributed by atoms with E-state index in [0.29, 0.717) is 13.1 Å². The summed E-state index contributed by atoms with van der Waals surface area (Å²) in [7, 11) is -1.56. The molecule has 1 aromatic rings. The lowest BCUT2D eigenvalue weighted by Crippen LogP contribution is -2.63. The van der Waals surface area contributed by atoms with Crippen LogP contribution in [-0.2, 0) is 9.59 Å². The molecule has 0 unspecified atom stereocenters. The Bertz CT molecular complexity index is 469. The van der Waals surface area contributed by atoms with Crippen molar-refractivity contribution in [1.29, 1.82) is 0 Å². The van der Waals surface area contributed by atoms with Crippen molar-refractivity contribution in [3.63, 3.8) is 0 Å². The number of carbonyl (C=O) groups is 2. The van der Waals surface area contributed by atoms with Gasteiger partial charge in [-0.15, -0.1) is 0 Å². The van der Waals surface area contributed by atoms with Gasteiger partial charge < -0.3 is 9.13 Å². The number of aryl methyl sites for hydroxylation is 1. The molecular formula is C15H23N2O2Si. The first-order chi connectivity index (χ1) is 9.43. The van der Waals surface area contributed by atoms with Crippen LogP contribution in [0, 0.1) is 6.92 Å². The molecule has 1 radical (unpaired) electrons. The summed E-state index contributed by atoms with van der Waals surface area (Å²) < 4.78 is 3.66. The Morgan fingerprint density at radius 1 is 1.00 bits per heavy atom. The molecule has 0 heterocycles. The molecule has 5 heteroatoms. The summed E-state index contributed by atoms with van der Waals surface area (Å²) in [6.07, 6.45) is 0. The summed E-state index contributed by atoms with van der Waals surface area (Å²) in [6, 6.07) is 8.00. The van der Waals surface area contributed by atoms with E-state index >= 15 is 0 Å². The minimum atomic E-state index is -1.56. The van der Waals surface area contributed by atoms with E-state index in [1.165, 1.54) is 0 Å². The van der Waals surface area contributed by atoms with Crippen LogP contribution in [0.5, 0.6) is 0 Å². The maximum Gasteiger partial charge on any atom is 0.340 e. The van der Waals surface area contributed by atoms with Gasteiger partial charge in [-0.05, 0) is 31.5 Å². The number of carbonyl (C=O) groups excluding carboxylic acids is 2. The first-order valence-electron chi connectivity index (χ1n) is 6.93. The van der Waals surface area contributed by atoms with Crippen LogP contribution in [0.3, 0.4) is 0 Å². The van der Waals surface area contributed by atoms with Gasteiger partial charge in [-0.3, -0.25) is 9.59 Å². The zero-order chi connectivity index (χ0) is 15.3. The summed E-state index contributed by atoms with van der Waals surface area (Å²) in [6.45, 7) is 10.3. The Balaban J connectivity index is 3.37. The van der Waals surface area contributed by atoms with E-state index in [1.54, 1.807) is 13.8 Å². The predicted molar refractivity (Wildman–Crippen MR) is 82.7 cm³/mol. The Kier molecular flexibility index (Phi) is 5.95. The van der Waals surface area contributed by atoms with Crippen LogP contribution in [0.25, 0.3) is 0 Å². The number of rotatable bonds is 5. The average Bonchev–Trinajstić information content (AvgIpc) is 2.38. The lowest BCUT2D eigenvalue weighted by atomic mass is 10.2. The second-order valence-electron chi connectivity index (χ2n) is 4.67. The van der Waals surface area contributed by atoms with Gasteiger partial charge in [0.25, 0.3) is 0 Å². The van der Waals surface area contributed by atoms with Crippen molar-refractivity contribution in [1.82, 2.24) is 9.13 Å². The third-order valence-electron chi connectivity index (χ3n) is 3.29. The quantitative estimate of drug-likeness (QED) is 0.770. The van der Waals surface area contributed by atoms with Crippen LogP contribution in [-0.4, -0.2) is 43.2 Å². The van der Waals surface area contributed by atoms with Crippen molar-refractivity contribution < 1.29 is 9.59 Å². The van der Waals surface area contributed by atoms with Crippen LogP contribution in [0.2, 0.25) is 0 Å². The topological polar surface area (TPSA) is 40.6 Å². The number of hydrogen-bond donors (Lipinski definition) is 0. The fourth-order valence-corrected chi connectivity index (χ4v) is 5.05. The zero-order valence-corrected chi connectivity index (χ0v) is 13.9. The molecule has 0 aliphatic heterocycles. The van der Waals surface area contributed by atoms with Crippen molar-refractivity contribution in [2.24, 2.45) is 0 Å². The molecule has 4 nitrogen and oxygen atoms in total. The Labute approximate surface area is 123 Å². The molecule has 1 aromatic carbocycles. The van der Waals surface area contributed by atoms with Crippen molar-refractivity contribution in [3.8, 4) is 0 Å². The molecule has 0 atom stereocenters. The summed E-state index contributed by atoms with van der Waals surface area (Å²) in [5.74, 6) is 0.0358. The normalized spacial score (nSPS) is 10.5. The van der Waals surface area contributed by atoms with E-state index in [2.05, 4.69) is 0 Å². The highest BCUT2D eigenvalue weighted by molar-refractivity contribution is 6.72. The molecule has 0 aliphatic rings. The largest absolute Gasteiger partial charge is 0.348 e. The first kappa shape index (κ1) is 16.4. The van der Waals surface area contributed by atoms with Gasteiger partial charge in [-0.2, -0.15) is 0 Å². The molecule has 0 spiro atoms. The molecule has 0 bridgehead atoms. The third kappa shape index (κ3) is 3.48. The molecule has 0 saturated carbocycles. The van der Waals surface area contributed by atoms with Crippen LogP contribution in [0.1, 0.15) is 33.3 Å². The minimum absolute atomic E-state index is 0.0179. The maximum absolute atomic E-state index is 12.0. The molecule has 0 aliphatic carbocycles. The van der Waals surface area contributed by atoms with E-state index in [9.17, 15) is 9.59 Å². The predicted octanol–water partition coefficient (Wildman–Crippen LogP) is 1.43. The molecule has 0 aromatic heterocycles. The SMILES string of the molecule is CCN(C(C)=O)[Si](c1ccccc1C)N(CC)C(C)=O. The van der Waals surface area contributed by atoms with E-state index in [0.717, 1.165) is 10.8 Å². The average molecular weight is 291 g/mol. The summed E-state index contributed by atoms with van der Waals surface area (Å²) >= 11 is 0. The molecule has 0 fully saturated rings. The Hall–Kier alpha value is -1.62. The van der Waals surface area contributed by atoms with Crippen molar-refractivity contribution in [2.45, 2.75) is 34.6 Å². The smallest absolute Gasteiger partial charge is 0.340 e. The second kappa shape index (κ2) is 7.24. The number of amides is 2. The van der Waals surface area contributed by atoms with Gasteiger partial charge in [-0.1, -0.05) is 24.3 Å².